The summed E-state index contributed by atoms with van der Waals surface area (Å²) in [7, 11) is 0. The smallest absolute Gasteiger partial charge is 0.123 e. The summed E-state index contributed by atoms with van der Waals surface area (Å²) in [6, 6.07) is 13.0. The van der Waals surface area contributed by atoms with E-state index in [2.05, 4.69) is 0 Å². The third kappa shape index (κ3) is 3.34. The molecule has 4 heteroatoms. The van der Waals surface area contributed by atoms with Gasteiger partial charge in [-0.25, -0.2) is 4.39 Å². The Bertz CT molecular complexity index is 647. The van der Waals surface area contributed by atoms with Crippen molar-refractivity contribution >= 4 is 0 Å². The van der Waals surface area contributed by atoms with Gasteiger partial charge in [-0.15, -0.1) is 0 Å². The highest BCUT2D eigenvalue weighted by Gasteiger charge is 2.06. The van der Waals surface area contributed by atoms with E-state index in [0.29, 0.717) is 16.9 Å². The first kappa shape index (κ1) is 14.0. The lowest BCUT2D eigenvalue weighted by atomic mass is 10.1. The van der Waals surface area contributed by atoms with Crippen molar-refractivity contribution in [2.45, 2.75) is 19.6 Å². The fourth-order valence-corrected chi connectivity index (χ4v) is 1.82. The molecule has 2 rings (SSSR count). The van der Waals surface area contributed by atoms with E-state index >= 15 is 0 Å². The summed E-state index contributed by atoms with van der Waals surface area (Å²) in [5, 5.41) is 18.5. The van der Waals surface area contributed by atoms with Crippen molar-refractivity contribution in [2.75, 3.05) is 0 Å². The number of nitriles is 1. The van der Waals surface area contributed by atoms with E-state index in [4.69, 9.17) is 10.00 Å². The van der Waals surface area contributed by atoms with Crippen molar-refractivity contribution in [3.63, 3.8) is 0 Å². The molecule has 1 N–H and O–H groups in total. The average molecular weight is 271 g/mol. The molecular formula is C16H14FNO2. The maximum Gasteiger partial charge on any atom is 0.123 e. The molecule has 2 aromatic carbocycles. The molecule has 0 saturated heterocycles. The van der Waals surface area contributed by atoms with E-state index in [1.54, 1.807) is 31.2 Å². The van der Waals surface area contributed by atoms with Gasteiger partial charge in [0.2, 0.25) is 0 Å². The van der Waals surface area contributed by atoms with E-state index in [1.807, 2.05) is 6.07 Å². The lowest BCUT2D eigenvalue weighted by Crippen LogP contribution is -2.00. The van der Waals surface area contributed by atoms with Gasteiger partial charge in [0.05, 0.1) is 17.7 Å². The maximum atomic E-state index is 13.2. The van der Waals surface area contributed by atoms with Gasteiger partial charge >= 0.3 is 0 Å². The molecule has 0 heterocycles. The first-order chi connectivity index (χ1) is 9.60. The predicted molar refractivity (Wildman–Crippen MR) is 72.5 cm³/mol. The highest BCUT2D eigenvalue weighted by molar-refractivity contribution is 5.38. The Morgan fingerprint density at radius 1 is 1.30 bits per heavy atom. The molecule has 0 aromatic heterocycles. The Balaban J connectivity index is 2.15. The third-order valence-corrected chi connectivity index (χ3v) is 2.92. The lowest BCUT2D eigenvalue weighted by Gasteiger charge is -2.10. The van der Waals surface area contributed by atoms with Crippen LogP contribution in [0, 0.1) is 17.1 Å². The van der Waals surface area contributed by atoms with E-state index in [1.165, 1.54) is 18.2 Å². The number of nitrogens with zero attached hydrogens (tertiary/aromatic N) is 1. The number of benzene rings is 2. The van der Waals surface area contributed by atoms with Crippen LogP contribution in [-0.4, -0.2) is 5.11 Å². The fourth-order valence-electron chi connectivity index (χ4n) is 1.82. The molecule has 0 aliphatic carbocycles. The van der Waals surface area contributed by atoms with Crippen LogP contribution in [0.25, 0.3) is 0 Å². The molecular weight excluding hydrogens is 257 g/mol. The van der Waals surface area contributed by atoms with Gasteiger partial charge in [-0.1, -0.05) is 12.1 Å². The second kappa shape index (κ2) is 6.18. The Hall–Kier alpha value is -2.38. The molecule has 0 saturated carbocycles. The van der Waals surface area contributed by atoms with Crippen LogP contribution >= 0.6 is 0 Å². The SMILES string of the molecule is CC(O)c1cccc(OCc2cc(F)ccc2C#N)c1. The zero-order chi connectivity index (χ0) is 14.5. The molecule has 102 valence electrons. The number of aliphatic hydroxyl groups is 1. The van der Waals surface area contributed by atoms with Crippen LogP contribution in [-0.2, 0) is 6.61 Å². The summed E-state index contributed by atoms with van der Waals surface area (Å²) < 4.78 is 18.7. The van der Waals surface area contributed by atoms with Gasteiger partial charge in [0.25, 0.3) is 0 Å². The van der Waals surface area contributed by atoms with Gasteiger partial charge in [0.1, 0.15) is 18.2 Å². The van der Waals surface area contributed by atoms with Gasteiger partial charge in [0.15, 0.2) is 0 Å². The minimum atomic E-state index is -0.581. The minimum absolute atomic E-state index is 0.101. The fraction of sp³-hybridized carbons (Fsp3) is 0.188. The Labute approximate surface area is 116 Å². The highest BCUT2D eigenvalue weighted by Crippen LogP contribution is 2.20. The number of hydrogen-bond acceptors (Lipinski definition) is 3. The molecule has 2 aromatic rings. The lowest BCUT2D eigenvalue weighted by molar-refractivity contribution is 0.198. The van der Waals surface area contributed by atoms with Crippen LogP contribution in [0.5, 0.6) is 5.75 Å². The quantitative estimate of drug-likeness (QED) is 0.928. The Morgan fingerprint density at radius 2 is 2.10 bits per heavy atom. The van der Waals surface area contributed by atoms with Gasteiger partial charge in [0, 0.05) is 5.56 Å². The van der Waals surface area contributed by atoms with E-state index < -0.39 is 11.9 Å². The average Bonchev–Trinajstić information content (AvgIpc) is 2.45. The summed E-state index contributed by atoms with van der Waals surface area (Å²) >= 11 is 0. The summed E-state index contributed by atoms with van der Waals surface area (Å²) in [6.45, 7) is 1.77. The molecule has 0 bridgehead atoms. The van der Waals surface area contributed by atoms with Gasteiger partial charge in [-0.05, 0) is 42.8 Å². The van der Waals surface area contributed by atoms with Crippen molar-refractivity contribution in [1.29, 1.82) is 5.26 Å². The molecule has 0 amide bonds. The van der Waals surface area contributed by atoms with E-state index in [0.717, 1.165) is 5.56 Å². The molecule has 0 aliphatic heterocycles. The van der Waals surface area contributed by atoms with E-state index in [9.17, 15) is 9.50 Å². The van der Waals surface area contributed by atoms with Crippen molar-refractivity contribution in [3.8, 4) is 11.8 Å². The normalized spacial score (nSPS) is 11.7. The molecule has 0 fully saturated rings. The van der Waals surface area contributed by atoms with E-state index in [-0.39, 0.29) is 6.61 Å². The Morgan fingerprint density at radius 3 is 2.80 bits per heavy atom. The van der Waals surface area contributed by atoms with Crippen LogP contribution in [0.15, 0.2) is 42.5 Å². The van der Waals surface area contributed by atoms with Crippen LogP contribution in [0.3, 0.4) is 0 Å². The zero-order valence-electron chi connectivity index (χ0n) is 11.0. The molecule has 0 spiro atoms. The number of aliphatic hydroxyl groups excluding tert-OH is 1. The number of ether oxygens (including phenoxy) is 1. The standard InChI is InChI=1S/C16H14FNO2/c1-11(19)12-3-2-4-16(8-12)20-10-14-7-15(17)6-5-13(14)9-18/h2-8,11,19H,10H2,1H3. The van der Waals surface area contributed by atoms with Gasteiger partial charge in [-0.2, -0.15) is 5.26 Å². The second-order valence-corrected chi connectivity index (χ2v) is 4.45. The Kier molecular flexibility index (Phi) is 4.34. The molecule has 0 radical (unpaired) electrons. The van der Waals surface area contributed by atoms with Crippen molar-refractivity contribution in [2.24, 2.45) is 0 Å². The van der Waals surface area contributed by atoms with Crippen LogP contribution < -0.4 is 4.74 Å². The van der Waals surface area contributed by atoms with Crippen molar-refractivity contribution in [1.82, 2.24) is 0 Å². The van der Waals surface area contributed by atoms with Crippen LogP contribution in [0.1, 0.15) is 29.7 Å². The van der Waals surface area contributed by atoms with Gasteiger partial charge < -0.3 is 9.84 Å². The van der Waals surface area contributed by atoms with Crippen molar-refractivity contribution < 1.29 is 14.2 Å². The topological polar surface area (TPSA) is 53.2 Å². The first-order valence-electron chi connectivity index (χ1n) is 6.19. The summed E-state index contributed by atoms with van der Waals surface area (Å²) in [6.07, 6.45) is -0.581. The summed E-state index contributed by atoms with van der Waals surface area (Å²) in [5.41, 5.74) is 1.62. The molecule has 20 heavy (non-hydrogen) atoms. The number of halogens is 1. The summed E-state index contributed by atoms with van der Waals surface area (Å²) in [5.74, 6) is 0.164. The van der Waals surface area contributed by atoms with Crippen molar-refractivity contribution in [3.05, 3.63) is 65.0 Å². The molecule has 1 unspecified atom stereocenters. The van der Waals surface area contributed by atoms with Crippen LogP contribution in [0.4, 0.5) is 4.39 Å². The molecule has 0 aliphatic rings. The minimum Gasteiger partial charge on any atom is -0.489 e. The maximum absolute atomic E-state index is 13.2. The third-order valence-electron chi connectivity index (χ3n) is 2.92. The summed E-state index contributed by atoms with van der Waals surface area (Å²) in [4.78, 5) is 0. The number of rotatable bonds is 4. The molecule has 1 atom stereocenters. The van der Waals surface area contributed by atoms with Gasteiger partial charge in [-0.3, -0.25) is 0 Å². The second-order valence-electron chi connectivity index (χ2n) is 4.45. The predicted octanol–water partition coefficient (Wildman–Crippen LogP) is 3.33. The first-order valence-corrected chi connectivity index (χ1v) is 6.19. The zero-order valence-corrected chi connectivity index (χ0v) is 11.0. The van der Waals surface area contributed by atoms with Crippen LogP contribution in [0.2, 0.25) is 0 Å². The number of hydrogen-bond donors (Lipinski definition) is 1. The largest absolute Gasteiger partial charge is 0.489 e. The molecule has 3 nitrogen and oxygen atoms in total. The monoisotopic (exact) mass is 271 g/mol. The highest BCUT2D eigenvalue weighted by atomic mass is 19.1.